The molecule has 0 heterocycles. The lowest BCUT2D eigenvalue weighted by Gasteiger charge is -2.13. The van der Waals surface area contributed by atoms with Gasteiger partial charge in [0, 0.05) is 0 Å². The van der Waals surface area contributed by atoms with Gasteiger partial charge in [0.05, 0.1) is 0 Å². The molecule has 1 aromatic carbocycles. The Morgan fingerprint density at radius 2 is 2.40 bits per heavy atom. The molecule has 0 nitrogen and oxygen atoms in total. The first-order valence-corrected chi connectivity index (χ1v) is 3.77. The van der Waals surface area contributed by atoms with Crippen molar-refractivity contribution in [2.45, 2.75) is 19.3 Å². The molecule has 10 heavy (non-hydrogen) atoms. The zero-order valence-electron chi connectivity index (χ0n) is 5.93. The molecular formula is C10H10. The van der Waals surface area contributed by atoms with Crippen molar-refractivity contribution in [3.8, 4) is 0 Å². The monoisotopic (exact) mass is 130 g/mol. The first kappa shape index (κ1) is 5.96. The first-order valence-electron chi connectivity index (χ1n) is 3.77. The van der Waals surface area contributed by atoms with Crippen LogP contribution in [0, 0.1) is 12.5 Å². The molecule has 0 saturated carbocycles. The first-order chi connectivity index (χ1) is 4.97. The van der Waals surface area contributed by atoms with E-state index in [1.807, 2.05) is 6.07 Å². The van der Waals surface area contributed by atoms with Crippen molar-refractivity contribution in [3.05, 3.63) is 41.8 Å². The summed E-state index contributed by atoms with van der Waals surface area (Å²) in [5.41, 5.74) is 2.89. The minimum absolute atomic E-state index is 1.12. The molecule has 0 atom stereocenters. The fraction of sp³-hybridized carbons (Fsp3) is 0.300. The molecule has 0 unspecified atom stereocenters. The highest BCUT2D eigenvalue weighted by atomic mass is 14.1. The number of benzene rings is 1. The summed E-state index contributed by atoms with van der Waals surface area (Å²) in [6.45, 7) is 0. The summed E-state index contributed by atoms with van der Waals surface area (Å²) in [6.07, 6.45) is 5.91. The Morgan fingerprint density at radius 1 is 1.40 bits per heavy atom. The molecule has 1 aliphatic carbocycles. The third-order valence-corrected chi connectivity index (χ3v) is 2.01. The van der Waals surface area contributed by atoms with E-state index >= 15 is 0 Å². The summed E-state index contributed by atoms with van der Waals surface area (Å²) in [5.74, 6) is 0. The van der Waals surface area contributed by atoms with Gasteiger partial charge in [-0.3, -0.25) is 0 Å². The van der Waals surface area contributed by atoms with Gasteiger partial charge in [-0.05, 0) is 42.9 Å². The van der Waals surface area contributed by atoms with Gasteiger partial charge in [0.25, 0.3) is 0 Å². The molecular weight excluding hydrogens is 120 g/mol. The topological polar surface area (TPSA) is 0 Å². The second-order valence-corrected chi connectivity index (χ2v) is 2.71. The molecule has 1 aliphatic rings. The van der Waals surface area contributed by atoms with Crippen LogP contribution in [0.15, 0.2) is 18.2 Å². The van der Waals surface area contributed by atoms with Crippen LogP contribution in [0.5, 0.6) is 0 Å². The highest BCUT2D eigenvalue weighted by Crippen LogP contribution is 2.18. The molecule has 0 bridgehead atoms. The molecule has 0 heteroatoms. The lowest BCUT2D eigenvalue weighted by Crippen LogP contribution is -2.01. The number of aryl methyl sites for hydroxylation is 1. The zero-order valence-corrected chi connectivity index (χ0v) is 5.93. The summed E-state index contributed by atoms with van der Waals surface area (Å²) >= 11 is 0. The fourth-order valence-corrected chi connectivity index (χ4v) is 1.43. The van der Waals surface area contributed by atoms with Crippen molar-refractivity contribution < 1.29 is 0 Å². The maximum Gasteiger partial charge on any atom is -0.0146 e. The molecule has 0 aromatic heterocycles. The van der Waals surface area contributed by atoms with Crippen LogP contribution in [0.3, 0.4) is 0 Å². The van der Waals surface area contributed by atoms with Gasteiger partial charge in [-0.2, -0.15) is 0 Å². The van der Waals surface area contributed by atoms with Gasteiger partial charge in [0.15, 0.2) is 0 Å². The summed E-state index contributed by atoms with van der Waals surface area (Å²) < 4.78 is 0. The fourth-order valence-electron chi connectivity index (χ4n) is 1.43. The largest absolute Gasteiger partial charge is 0.0614 e. The molecule has 2 radical (unpaired) electrons. The van der Waals surface area contributed by atoms with Crippen LogP contribution < -0.4 is 0 Å². The number of hydrogen-bond donors (Lipinski definition) is 0. The summed E-state index contributed by atoms with van der Waals surface area (Å²) in [7, 11) is 0. The maximum absolute atomic E-state index is 3.26. The van der Waals surface area contributed by atoms with Gasteiger partial charge in [-0.1, -0.05) is 18.2 Å². The van der Waals surface area contributed by atoms with Crippen LogP contribution >= 0.6 is 0 Å². The van der Waals surface area contributed by atoms with Crippen molar-refractivity contribution in [1.29, 1.82) is 0 Å². The minimum Gasteiger partial charge on any atom is -0.0614 e. The van der Waals surface area contributed by atoms with Gasteiger partial charge in [0.2, 0.25) is 0 Å². The minimum atomic E-state index is 1.12. The summed E-state index contributed by atoms with van der Waals surface area (Å²) in [6, 6.07) is 9.54. The van der Waals surface area contributed by atoms with E-state index in [-0.39, 0.29) is 0 Å². The van der Waals surface area contributed by atoms with Crippen LogP contribution in [0.2, 0.25) is 0 Å². The van der Waals surface area contributed by atoms with Gasteiger partial charge < -0.3 is 0 Å². The highest BCUT2D eigenvalue weighted by Gasteiger charge is 2.06. The Kier molecular flexibility index (Phi) is 1.46. The van der Waals surface area contributed by atoms with E-state index in [0.29, 0.717) is 0 Å². The average molecular weight is 130 g/mol. The lowest BCUT2D eigenvalue weighted by molar-refractivity contribution is 0.828. The predicted octanol–water partition coefficient (Wildman–Crippen LogP) is 2.18. The molecule has 2 rings (SSSR count). The summed E-state index contributed by atoms with van der Waals surface area (Å²) in [4.78, 5) is 0. The maximum atomic E-state index is 3.26. The Balaban J connectivity index is 2.41. The third-order valence-electron chi connectivity index (χ3n) is 2.01. The van der Waals surface area contributed by atoms with Crippen molar-refractivity contribution in [1.82, 2.24) is 0 Å². The molecule has 50 valence electrons. The van der Waals surface area contributed by atoms with Crippen molar-refractivity contribution in [3.63, 3.8) is 0 Å². The molecule has 0 aliphatic heterocycles. The molecule has 0 saturated heterocycles. The smallest absolute Gasteiger partial charge is 0.0146 e. The Morgan fingerprint density at radius 3 is 3.30 bits per heavy atom. The van der Waals surface area contributed by atoms with Crippen LogP contribution in [0.25, 0.3) is 0 Å². The van der Waals surface area contributed by atoms with E-state index in [0.717, 1.165) is 6.42 Å². The van der Waals surface area contributed by atoms with Gasteiger partial charge in [0.1, 0.15) is 0 Å². The van der Waals surface area contributed by atoms with Crippen LogP contribution in [0.1, 0.15) is 17.5 Å². The quantitative estimate of drug-likeness (QED) is 0.505. The number of rotatable bonds is 0. The lowest BCUT2D eigenvalue weighted by atomic mass is 9.92. The Bertz CT molecular complexity index is 200. The predicted molar refractivity (Wildman–Crippen MR) is 41.6 cm³/mol. The van der Waals surface area contributed by atoms with E-state index in [1.165, 1.54) is 24.0 Å². The zero-order chi connectivity index (χ0) is 6.81. The number of fused-ring (bicyclic) bond motifs is 1. The van der Waals surface area contributed by atoms with Gasteiger partial charge in [-0.25, -0.2) is 0 Å². The van der Waals surface area contributed by atoms with Crippen LogP contribution in [0.4, 0.5) is 0 Å². The van der Waals surface area contributed by atoms with E-state index in [2.05, 4.69) is 24.6 Å². The van der Waals surface area contributed by atoms with Crippen molar-refractivity contribution in [2.75, 3.05) is 0 Å². The second kappa shape index (κ2) is 2.45. The van der Waals surface area contributed by atoms with Crippen LogP contribution in [-0.2, 0) is 12.8 Å². The standard InChI is InChI=1S/C10H10/c1-2-6-10-8-4-3-7-9(10)5-1/h1-3,6H,4,7-8H2. The average Bonchev–Trinajstić information content (AvgIpc) is 2.05. The van der Waals surface area contributed by atoms with Gasteiger partial charge >= 0.3 is 0 Å². The Labute approximate surface area is 61.9 Å². The van der Waals surface area contributed by atoms with Gasteiger partial charge in [-0.15, -0.1) is 0 Å². The third kappa shape index (κ3) is 0.942. The SMILES string of the molecule is [c]1cccc2c1C[CH]CC2. The normalized spacial score (nSPS) is 16.4. The number of hydrogen-bond acceptors (Lipinski definition) is 0. The molecule has 1 aromatic rings. The summed E-state index contributed by atoms with van der Waals surface area (Å²) in [5, 5.41) is 0. The highest BCUT2D eigenvalue weighted by molar-refractivity contribution is 5.29. The van der Waals surface area contributed by atoms with E-state index in [4.69, 9.17) is 0 Å². The molecule has 0 amide bonds. The second-order valence-electron chi connectivity index (χ2n) is 2.71. The Hall–Kier alpha value is -0.780. The van der Waals surface area contributed by atoms with Crippen molar-refractivity contribution in [2.24, 2.45) is 0 Å². The van der Waals surface area contributed by atoms with Crippen molar-refractivity contribution >= 4 is 0 Å². The molecule has 0 spiro atoms. The van der Waals surface area contributed by atoms with E-state index in [9.17, 15) is 0 Å². The molecule has 0 fully saturated rings. The van der Waals surface area contributed by atoms with E-state index < -0.39 is 0 Å². The van der Waals surface area contributed by atoms with E-state index in [1.54, 1.807) is 0 Å². The molecule has 0 N–H and O–H groups in total. The van der Waals surface area contributed by atoms with Crippen LogP contribution in [-0.4, -0.2) is 0 Å².